The zero-order valence-electron chi connectivity index (χ0n) is 11.9. The third kappa shape index (κ3) is 2.95. The van der Waals surface area contributed by atoms with Crippen molar-refractivity contribution in [2.45, 2.75) is 0 Å². The molecule has 0 spiro atoms. The monoisotopic (exact) mass is 307 g/mol. The van der Waals surface area contributed by atoms with Gasteiger partial charge in [-0.05, 0) is 42.0 Å². The van der Waals surface area contributed by atoms with Crippen molar-refractivity contribution >= 4 is 23.0 Å². The number of methoxy groups -OCH3 is 1. The summed E-state index contributed by atoms with van der Waals surface area (Å²) in [6.07, 6.45) is 3.52. The Kier molecular flexibility index (Phi) is 4.08. The third-order valence-corrected chi connectivity index (χ3v) is 4.18. The first-order valence-corrected chi connectivity index (χ1v) is 7.57. The Hall–Kier alpha value is -2.77. The molecule has 3 rings (SSSR count). The topological polar surface area (TPSA) is 46.2 Å². The quantitative estimate of drug-likeness (QED) is 0.631. The van der Waals surface area contributed by atoms with Gasteiger partial charge in [-0.15, -0.1) is 11.3 Å². The van der Waals surface area contributed by atoms with Crippen molar-refractivity contribution in [3.05, 3.63) is 64.5 Å². The highest BCUT2D eigenvalue weighted by Gasteiger charge is 2.08. The van der Waals surface area contributed by atoms with Gasteiger partial charge in [-0.3, -0.25) is 0 Å². The summed E-state index contributed by atoms with van der Waals surface area (Å²) in [6.45, 7) is 0. The lowest BCUT2D eigenvalue weighted by molar-refractivity contribution is 0.415. The minimum absolute atomic E-state index is 0.632. The second-order valence-corrected chi connectivity index (χ2v) is 5.53. The number of ether oxygens (including phenoxy) is 1. The van der Waals surface area contributed by atoms with E-state index in [0.29, 0.717) is 5.57 Å². The van der Waals surface area contributed by atoms with Crippen LogP contribution in [0.1, 0.15) is 10.4 Å². The van der Waals surface area contributed by atoms with Crippen molar-refractivity contribution in [2.75, 3.05) is 7.11 Å². The standard InChI is InChI=1S/C18H13NO2S/c1-20-16-6-4-13(5-7-16)9-14(11-19)18-10-15(12-22-18)17-3-2-8-21-17/h2-10,12H,1H3. The molecule has 0 amide bonds. The number of allylic oxidation sites excluding steroid dienone is 1. The van der Waals surface area contributed by atoms with E-state index in [1.54, 1.807) is 13.4 Å². The Morgan fingerprint density at radius 1 is 1.27 bits per heavy atom. The Morgan fingerprint density at radius 3 is 2.73 bits per heavy atom. The van der Waals surface area contributed by atoms with Gasteiger partial charge >= 0.3 is 0 Å². The summed E-state index contributed by atoms with van der Waals surface area (Å²) in [5.41, 5.74) is 2.58. The predicted octanol–water partition coefficient (Wildman–Crippen LogP) is 5.08. The first-order chi connectivity index (χ1) is 10.8. The van der Waals surface area contributed by atoms with Crippen molar-refractivity contribution in [1.29, 1.82) is 5.26 Å². The molecule has 2 heterocycles. The molecule has 0 saturated heterocycles. The molecule has 22 heavy (non-hydrogen) atoms. The zero-order chi connectivity index (χ0) is 15.4. The van der Waals surface area contributed by atoms with Crippen molar-refractivity contribution < 1.29 is 9.15 Å². The average Bonchev–Trinajstić information content (AvgIpc) is 3.24. The number of benzene rings is 1. The molecule has 4 heteroatoms. The maximum Gasteiger partial charge on any atom is 0.134 e. The lowest BCUT2D eigenvalue weighted by Gasteiger charge is -2.00. The van der Waals surface area contributed by atoms with Crippen molar-refractivity contribution in [3.63, 3.8) is 0 Å². The molecule has 0 fully saturated rings. The molecular formula is C18H13NO2S. The van der Waals surface area contributed by atoms with Gasteiger partial charge in [0.25, 0.3) is 0 Å². The van der Waals surface area contributed by atoms with Gasteiger partial charge in [0.05, 0.1) is 18.9 Å². The lowest BCUT2D eigenvalue weighted by atomic mass is 10.1. The van der Waals surface area contributed by atoms with Crippen molar-refractivity contribution in [3.8, 4) is 23.1 Å². The number of hydrogen-bond donors (Lipinski definition) is 0. The summed E-state index contributed by atoms with van der Waals surface area (Å²) in [7, 11) is 1.63. The Morgan fingerprint density at radius 2 is 2.09 bits per heavy atom. The number of hydrogen-bond acceptors (Lipinski definition) is 4. The van der Waals surface area contributed by atoms with Crippen LogP contribution in [0.5, 0.6) is 5.75 Å². The molecule has 1 aromatic carbocycles. The van der Waals surface area contributed by atoms with Crippen LogP contribution in [0.25, 0.3) is 23.0 Å². The number of nitriles is 1. The number of rotatable bonds is 4. The maximum absolute atomic E-state index is 9.42. The molecule has 0 aliphatic heterocycles. The zero-order valence-corrected chi connectivity index (χ0v) is 12.8. The van der Waals surface area contributed by atoms with Crippen LogP contribution < -0.4 is 4.74 Å². The molecule has 0 aliphatic carbocycles. The summed E-state index contributed by atoms with van der Waals surface area (Å²) >= 11 is 1.53. The lowest BCUT2D eigenvalue weighted by Crippen LogP contribution is -1.82. The Bertz CT molecular complexity index is 821. The fraction of sp³-hybridized carbons (Fsp3) is 0.0556. The summed E-state index contributed by atoms with van der Waals surface area (Å²) in [4.78, 5) is 0.921. The van der Waals surface area contributed by atoms with E-state index >= 15 is 0 Å². The van der Waals surface area contributed by atoms with E-state index in [0.717, 1.165) is 27.5 Å². The fourth-order valence-electron chi connectivity index (χ4n) is 2.07. The van der Waals surface area contributed by atoms with Crippen LogP contribution in [0.3, 0.4) is 0 Å². The van der Waals surface area contributed by atoms with Gasteiger partial charge in [0, 0.05) is 15.8 Å². The molecule has 0 radical (unpaired) electrons. The second kappa shape index (κ2) is 6.33. The van der Waals surface area contributed by atoms with E-state index in [2.05, 4.69) is 6.07 Å². The van der Waals surface area contributed by atoms with Gasteiger partial charge < -0.3 is 9.15 Å². The average molecular weight is 307 g/mol. The molecule has 3 nitrogen and oxygen atoms in total. The highest BCUT2D eigenvalue weighted by Crippen LogP contribution is 2.31. The van der Waals surface area contributed by atoms with Crippen molar-refractivity contribution in [2.24, 2.45) is 0 Å². The van der Waals surface area contributed by atoms with Gasteiger partial charge in [0.2, 0.25) is 0 Å². The van der Waals surface area contributed by atoms with Crippen LogP contribution >= 0.6 is 11.3 Å². The van der Waals surface area contributed by atoms with Crippen LogP contribution in [0.15, 0.2) is 58.5 Å². The van der Waals surface area contributed by atoms with Crippen LogP contribution in [-0.2, 0) is 0 Å². The Balaban J connectivity index is 1.90. The van der Waals surface area contributed by atoms with Crippen LogP contribution in [0.4, 0.5) is 0 Å². The second-order valence-electron chi connectivity index (χ2n) is 4.62. The first kappa shape index (κ1) is 14.2. The van der Waals surface area contributed by atoms with Crippen molar-refractivity contribution in [1.82, 2.24) is 0 Å². The SMILES string of the molecule is COc1ccc(C=C(C#N)c2cc(-c3ccco3)cs2)cc1. The van der Waals surface area contributed by atoms with Crippen LogP contribution in [0.2, 0.25) is 0 Å². The van der Waals surface area contributed by atoms with Gasteiger partial charge in [-0.1, -0.05) is 12.1 Å². The highest BCUT2D eigenvalue weighted by atomic mass is 32.1. The van der Waals surface area contributed by atoms with Gasteiger partial charge in [0.1, 0.15) is 17.6 Å². The minimum Gasteiger partial charge on any atom is -0.497 e. The summed E-state index contributed by atoms with van der Waals surface area (Å²) in [5, 5.41) is 11.4. The molecule has 0 N–H and O–H groups in total. The van der Waals surface area contributed by atoms with Gasteiger partial charge in [0.15, 0.2) is 0 Å². The Labute approximate surface area is 132 Å². The van der Waals surface area contributed by atoms with Gasteiger partial charge in [-0.2, -0.15) is 5.26 Å². The van der Waals surface area contributed by atoms with Gasteiger partial charge in [-0.25, -0.2) is 0 Å². The van der Waals surface area contributed by atoms with E-state index in [-0.39, 0.29) is 0 Å². The van der Waals surface area contributed by atoms with E-state index in [9.17, 15) is 5.26 Å². The predicted molar refractivity (Wildman–Crippen MR) is 88.5 cm³/mol. The van der Waals surface area contributed by atoms with E-state index in [4.69, 9.17) is 9.15 Å². The molecule has 0 saturated carbocycles. The molecule has 2 aromatic heterocycles. The number of nitrogens with zero attached hydrogens (tertiary/aromatic N) is 1. The number of furan rings is 1. The molecule has 0 unspecified atom stereocenters. The normalized spacial score (nSPS) is 11.2. The molecule has 3 aromatic rings. The highest BCUT2D eigenvalue weighted by molar-refractivity contribution is 7.11. The fourth-order valence-corrected chi connectivity index (χ4v) is 2.94. The largest absolute Gasteiger partial charge is 0.497 e. The maximum atomic E-state index is 9.42. The first-order valence-electron chi connectivity index (χ1n) is 6.69. The molecule has 0 atom stereocenters. The molecule has 0 aliphatic rings. The summed E-state index contributed by atoms with van der Waals surface area (Å²) < 4.78 is 10.5. The third-order valence-electron chi connectivity index (χ3n) is 3.22. The summed E-state index contributed by atoms with van der Waals surface area (Å²) in [6, 6.07) is 15.6. The van der Waals surface area contributed by atoms with E-state index in [1.165, 1.54) is 11.3 Å². The molecular weight excluding hydrogens is 294 g/mol. The molecule has 108 valence electrons. The minimum atomic E-state index is 0.632. The number of thiophene rings is 1. The van der Waals surface area contributed by atoms with E-state index < -0.39 is 0 Å². The van der Waals surface area contributed by atoms with E-state index in [1.807, 2.05) is 53.9 Å². The smallest absolute Gasteiger partial charge is 0.134 e. The molecule has 0 bridgehead atoms. The van der Waals surface area contributed by atoms with Crippen LogP contribution in [-0.4, -0.2) is 7.11 Å². The summed E-state index contributed by atoms with van der Waals surface area (Å²) in [5.74, 6) is 1.61. The van der Waals surface area contributed by atoms with Crippen LogP contribution in [0, 0.1) is 11.3 Å².